The Labute approximate surface area is 170 Å². The molecule has 2 aromatic rings. The van der Waals surface area contributed by atoms with Gasteiger partial charge in [-0.15, -0.1) is 0 Å². The number of hydrogen-bond donors (Lipinski definition) is 2. The molecule has 0 aliphatic heterocycles. The van der Waals surface area contributed by atoms with E-state index in [-0.39, 0.29) is 12.3 Å². The molecule has 8 heteroatoms. The maximum absolute atomic E-state index is 10.7. The molecular formula is C20H26ClN3O4. The van der Waals surface area contributed by atoms with Crippen molar-refractivity contribution in [3.8, 4) is 11.5 Å². The number of halogens is 1. The highest BCUT2D eigenvalue weighted by molar-refractivity contribution is 6.31. The standard InChI is InChI=1S/C20H26ClN3O4/c1-3-27-19-11-16(13-23-10-4-9-22-2)18(21)12-20(19)28-14-15-5-7-17(8-6-15)24(25)26/h5-8,11-12,22-23H,3-4,9-10,13-14H2,1-2H3. The van der Waals surface area contributed by atoms with Crippen molar-refractivity contribution in [3.05, 3.63) is 62.7 Å². The average molecular weight is 408 g/mol. The van der Waals surface area contributed by atoms with Crippen LogP contribution < -0.4 is 20.1 Å². The first-order valence-electron chi connectivity index (χ1n) is 9.21. The van der Waals surface area contributed by atoms with Crippen LogP contribution in [0.15, 0.2) is 36.4 Å². The van der Waals surface area contributed by atoms with Crippen LogP contribution in [0.1, 0.15) is 24.5 Å². The SMILES string of the molecule is CCOc1cc(CNCCCNC)c(Cl)cc1OCc1ccc([N+](=O)[O-])cc1. The predicted molar refractivity (Wildman–Crippen MR) is 110 cm³/mol. The number of nitro groups is 1. The van der Waals surface area contributed by atoms with E-state index in [1.54, 1.807) is 18.2 Å². The number of hydrogen-bond acceptors (Lipinski definition) is 6. The summed E-state index contributed by atoms with van der Waals surface area (Å²) in [4.78, 5) is 10.3. The monoisotopic (exact) mass is 407 g/mol. The number of non-ortho nitro benzene ring substituents is 1. The highest BCUT2D eigenvalue weighted by Gasteiger charge is 2.12. The van der Waals surface area contributed by atoms with E-state index in [1.165, 1.54) is 12.1 Å². The van der Waals surface area contributed by atoms with Crippen LogP contribution in [0.25, 0.3) is 0 Å². The van der Waals surface area contributed by atoms with Gasteiger partial charge in [-0.25, -0.2) is 0 Å². The molecule has 2 N–H and O–H groups in total. The van der Waals surface area contributed by atoms with Crippen molar-refractivity contribution in [2.75, 3.05) is 26.7 Å². The Morgan fingerprint density at radius 2 is 1.82 bits per heavy atom. The summed E-state index contributed by atoms with van der Waals surface area (Å²) in [5.74, 6) is 1.17. The van der Waals surface area contributed by atoms with Gasteiger partial charge in [0.25, 0.3) is 5.69 Å². The first-order chi connectivity index (χ1) is 13.5. The summed E-state index contributed by atoms with van der Waals surface area (Å²) in [6, 6.07) is 9.90. The van der Waals surface area contributed by atoms with Gasteiger partial charge in [-0.3, -0.25) is 10.1 Å². The quantitative estimate of drug-likeness (QED) is 0.315. The van der Waals surface area contributed by atoms with Gasteiger partial charge in [0.1, 0.15) is 6.61 Å². The van der Waals surface area contributed by atoms with E-state index in [0.717, 1.165) is 30.6 Å². The number of ether oxygens (including phenoxy) is 2. The molecule has 0 saturated carbocycles. The summed E-state index contributed by atoms with van der Waals surface area (Å²) in [6.07, 6.45) is 1.03. The molecule has 0 aliphatic rings. The fourth-order valence-electron chi connectivity index (χ4n) is 2.58. The second-order valence-electron chi connectivity index (χ2n) is 6.17. The lowest BCUT2D eigenvalue weighted by Gasteiger charge is -2.15. The van der Waals surface area contributed by atoms with Crippen molar-refractivity contribution >= 4 is 17.3 Å². The highest BCUT2D eigenvalue weighted by atomic mass is 35.5. The smallest absolute Gasteiger partial charge is 0.269 e. The van der Waals surface area contributed by atoms with E-state index in [0.29, 0.717) is 29.7 Å². The molecule has 0 heterocycles. The fourth-order valence-corrected chi connectivity index (χ4v) is 2.80. The van der Waals surface area contributed by atoms with Crippen molar-refractivity contribution in [2.24, 2.45) is 0 Å². The second kappa shape index (κ2) is 11.5. The molecule has 0 unspecified atom stereocenters. The van der Waals surface area contributed by atoms with Crippen molar-refractivity contribution in [1.82, 2.24) is 10.6 Å². The van der Waals surface area contributed by atoms with Gasteiger partial charge in [-0.2, -0.15) is 0 Å². The van der Waals surface area contributed by atoms with Gasteiger partial charge in [-0.05, 0) is 62.8 Å². The lowest BCUT2D eigenvalue weighted by atomic mass is 10.2. The maximum Gasteiger partial charge on any atom is 0.269 e. The third-order valence-corrected chi connectivity index (χ3v) is 4.40. The first-order valence-corrected chi connectivity index (χ1v) is 9.59. The van der Waals surface area contributed by atoms with Gasteiger partial charge in [0.15, 0.2) is 11.5 Å². The Morgan fingerprint density at radius 3 is 2.46 bits per heavy atom. The molecule has 2 aromatic carbocycles. The van der Waals surface area contributed by atoms with E-state index >= 15 is 0 Å². The van der Waals surface area contributed by atoms with Crippen LogP contribution in [0.5, 0.6) is 11.5 Å². The number of nitrogens with zero attached hydrogens (tertiary/aromatic N) is 1. The molecule has 152 valence electrons. The van der Waals surface area contributed by atoms with E-state index < -0.39 is 4.92 Å². The zero-order valence-corrected chi connectivity index (χ0v) is 16.9. The third kappa shape index (κ3) is 6.67. The molecule has 0 saturated heterocycles. The van der Waals surface area contributed by atoms with Crippen molar-refractivity contribution < 1.29 is 14.4 Å². The van der Waals surface area contributed by atoms with Crippen LogP contribution in [0.4, 0.5) is 5.69 Å². The van der Waals surface area contributed by atoms with Crippen molar-refractivity contribution in [3.63, 3.8) is 0 Å². The average Bonchev–Trinajstić information content (AvgIpc) is 2.69. The Balaban J connectivity index is 2.03. The molecule has 0 atom stereocenters. The largest absolute Gasteiger partial charge is 0.490 e. The number of nitro benzene ring substituents is 1. The minimum absolute atomic E-state index is 0.0494. The Kier molecular flexibility index (Phi) is 9.00. The van der Waals surface area contributed by atoms with Crippen molar-refractivity contribution in [1.29, 1.82) is 0 Å². The molecular weight excluding hydrogens is 382 g/mol. The Hall–Kier alpha value is -2.35. The molecule has 0 radical (unpaired) electrons. The van der Waals surface area contributed by atoms with E-state index in [4.69, 9.17) is 21.1 Å². The van der Waals surface area contributed by atoms with Gasteiger partial charge >= 0.3 is 0 Å². The lowest BCUT2D eigenvalue weighted by Crippen LogP contribution is -2.19. The van der Waals surface area contributed by atoms with Crippen LogP contribution in [-0.2, 0) is 13.2 Å². The van der Waals surface area contributed by atoms with E-state index in [9.17, 15) is 10.1 Å². The molecule has 0 aliphatic carbocycles. The summed E-state index contributed by atoms with van der Waals surface area (Å²) in [7, 11) is 1.93. The minimum atomic E-state index is -0.427. The summed E-state index contributed by atoms with van der Waals surface area (Å²) in [5.41, 5.74) is 1.81. The maximum atomic E-state index is 10.7. The minimum Gasteiger partial charge on any atom is -0.490 e. The summed E-state index contributed by atoms with van der Waals surface area (Å²) in [5, 5.41) is 17.8. The molecule has 0 aromatic heterocycles. The second-order valence-corrected chi connectivity index (χ2v) is 6.58. The summed E-state index contributed by atoms with van der Waals surface area (Å²) >= 11 is 6.42. The molecule has 28 heavy (non-hydrogen) atoms. The molecule has 0 fully saturated rings. The molecule has 7 nitrogen and oxygen atoms in total. The highest BCUT2D eigenvalue weighted by Crippen LogP contribution is 2.34. The Morgan fingerprint density at radius 1 is 1.11 bits per heavy atom. The summed E-state index contributed by atoms with van der Waals surface area (Å²) < 4.78 is 11.6. The van der Waals surface area contributed by atoms with E-state index in [2.05, 4.69) is 10.6 Å². The fraction of sp³-hybridized carbons (Fsp3) is 0.400. The Bertz CT molecular complexity index is 769. The van der Waals surface area contributed by atoms with Crippen LogP contribution in [0.2, 0.25) is 5.02 Å². The zero-order chi connectivity index (χ0) is 20.4. The van der Waals surface area contributed by atoms with Gasteiger partial charge in [0.2, 0.25) is 0 Å². The molecule has 2 rings (SSSR count). The molecule has 0 bridgehead atoms. The predicted octanol–water partition coefficient (Wildman–Crippen LogP) is 3.93. The number of benzene rings is 2. The van der Waals surface area contributed by atoms with Crippen LogP contribution in [-0.4, -0.2) is 31.7 Å². The molecule has 0 spiro atoms. The van der Waals surface area contributed by atoms with Gasteiger partial charge in [-0.1, -0.05) is 11.6 Å². The van der Waals surface area contributed by atoms with Crippen LogP contribution in [0, 0.1) is 10.1 Å². The normalized spacial score (nSPS) is 10.7. The third-order valence-electron chi connectivity index (χ3n) is 4.05. The van der Waals surface area contributed by atoms with E-state index in [1.807, 2.05) is 20.0 Å². The van der Waals surface area contributed by atoms with Gasteiger partial charge < -0.3 is 20.1 Å². The number of rotatable bonds is 12. The van der Waals surface area contributed by atoms with Gasteiger partial charge in [0.05, 0.1) is 11.5 Å². The van der Waals surface area contributed by atoms with Crippen molar-refractivity contribution in [2.45, 2.75) is 26.5 Å². The zero-order valence-electron chi connectivity index (χ0n) is 16.2. The topological polar surface area (TPSA) is 85.7 Å². The molecule has 0 amide bonds. The lowest BCUT2D eigenvalue weighted by molar-refractivity contribution is -0.384. The first kappa shape index (κ1) is 21.9. The number of nitrogens with one attached hydrogen (secondary N) is 2. The summed E-state index contributed by atoms with van der Waals surface area (Å²) in [6.45, 7) is 5.16. The van der Waals surface area contributed by atoms with Crippen LogP contribution in [0.3, 0.4) is 0 Å². The van der Waals surface area contributed by atoms with Gasteiger partial charge in [0, 0.05) is 29.8 Å². The van der Waals surface area contributed by atoms with Crippen LogP contribution >= 0.6 is 11.6 Å².